The molecule has 2 N–H and O–H groups in total. The lowest BCUT2D eigenvalue weighted by molar-refractivity contribution is -0.0675. The van der Waals surface area contributed by atoms with E-state index < -0.39 is 29.5 Å². The van der Waals surface area contributed by atoms with E-state index in [2.05, 4.69) is 5.32 Å². The number of carbonyl (C=O) groups is 1. The van der Waals surface area contributed by atoms with Gasteiger partial charge in [0.05, 0.1) is 29.2 Å². The van der Waals surface area contributed by atoms with Crippen molar-refractivity contribution in [1.29, 1.82) is 0 Å². The maximum absolute atomic E-state index is 14.8. The average molecular weight is 545 g/mol. The number of hydrogen-bond acceptors (Lipinski definition) is 4. The molecule has 0 radical (unpaired) electrons. The van der Waals surface area contributed by atoms with Crippen LogP contribution in [0.3, 0.4) is 0 Å². The van der Waals surface area contributed by atoms with Crippen LogP contribution in [0, 0.1) is 26.9 Å². The zero-order valence-corrected chi connectivity index (χ0v) is 19.1. The highest BCUT2D eigenvalue weighted by atomic mass is 127. The molecule has 0 aliphatic carbocycles. The van der Waals surface area contributed by atoms with Crippen molar-refractivity contribution >= 4 is 39.9 Å². The number of benzene rings is 2. The Morgan fingerprint density at radius 2 is 1.94 bits per heavy atom. The van der Waals surface area contributed by atoms with E-state index in [4.69, 9.17) is 0 Å². The number of rotatable bonds is 5. The second kappa shape index (κ2) is 8.95. The minimum Gasteiger partial charge on any atom is -0.390 e. The highest BCUT2D eigenvalue weighted by Gasteiger charge is 2.44. The van der Waals surface area contributed by atoms with Gasteiger partial charge in [-0.05, 0) is 71.7 Å². The van der Waals surface area contributed by atoms with E-state index in [0.717, 1.165) is 18.9 Å². The molecule has 2 unspecified atom stereocenters. The minimum atomic E-state index is -1.23. The van der Waals surface area contributed by atoms with Gasteiger partial charge in [-0.1, -0.05) is 6.92 Å². The van der Waals surface area contributed by atoms with Gasteiger partial charge >= 0.3 is 0 Å². The summed E-state index contributed by atoms with van der Waals surface area (Å²) in [5.74, 6) is -3.21. The maximum atomic E-state index is 14.8. The molecule has 2 aliphatic heterocycles. The van der Waals surface area contributed by atoms with Gasteiger partial charge in [0.15, 0.2) is 11.6 Å². The number of aliphatic hydroxyl groups excluding tert-OH is 1. The van der Waals surface area contributed by atoms with Gasteiger partial charge < -0.3 is 15.3 Å². The summed E-state index contributed by atoms with van der Waals surface area (Å²) in [6, 6.07) is 6.45. The van der Waals surface area contributed by atoms with Crippen molar-refractivity contribution in [3.8, 4) is 0 Å². The molecule has 2 fully saturated rings. The molecule has 2 aromatic carbocycles. The number of aliphatic hydroxyl groups is 1. The lowest BCUT2D eigenvalue weighted by Gasteiger charge is -2.45. The van der Waals surface area contributed by atoms with E-state index in [1.54, 1.807) is 11.0 Å². The third kappa shape index (κ3) is 4.27. The Bertz CT molecular complexity index is 1000. The molecule has 2 aliphatic rings. The predicted octanol–water partition coefficient (Wildman–Crippen LogP) is 4.33. The molecule has 0 spiro atoms. The summed E-state index contributed by atoms with van der Waals surface area (Å²) >= 11 is 1.95. The first kappa shape index (κ1) is 22.3. The number of nitrogens with one attached hydrogen (secondary N) is 1. The van der Waals surface area contributed by atoms with Crippen molar-refractivity contribution in [1.82, 2.24) is 9.80 Å². The summed E-state index contributed by atoms with van der Waals surface area (Å²) in [5, 5.41) is 12.3. The Hall–Kier alpha value is -1.85. The predicted molar refractivity (Wildman–Crippen MR) is 120 cm³/mol. The smallest absolute Gasteiger partial charge is 0.257 e. The van der Waals surface area contributed by atoms with E-state index in [9.17, 15) is 23.1 Å². The Labute approximate surface area is 192 Å². The van der Waals surface area contributed by atoms with Crippen molar-refractivity contribution in [2.24, 2.45) is 5.92 Å². The molecular weight excluding hydrogens is 522 g/mol. The van der Waals surface area contributed by atoms with Crippen molar-refractivity contribution < 1.29 is 23.1 Å². The molecule has 9 heteroatoms. The van der Waals surface area contributed by atoms with E-state index in [-0.39, 0.29) is 29.0 Å². The fraction of sp³-hybridized carbons (Fsp3) is 0.409. The molecule has 2 saturated heterocycles. The molecule has 2 heterocycles. The van der Waals surface area contributed by atoms with Gasteiger partial charge in [0.1, 0.15) is 5.82 Å². The number of anilines is 2. The first-order chi connectivity index (χ1) is 14.8. The molecule has 0 bridgehead atoms. The SMILES string of the molecule is CCC1CCN(C(=O)c2ccc(F)c(F)c2Nc2ccc(I)cc2F)C1N1CC(O)C1. The monoisotopic (exact) mass is 545 g/mol. The van der Waals surface area contributed by atoms with E-state index in [1.807, 2.05) is 34.4 Å². The second-order valence-corrected chi connectivity index (χ2v) is 9.26. The van der Waals surface area contributed by atoms with Gasteiger partial charge in [-0.2, -0.15) is 0 Å². The lowest BCUT2D eigenvalue weighted by atomic mass is 9.98. The number of amides is 1. The number of nitrogens with zero attached hydrogens (tertiary/aromatic N) is 2. The number of halogens is 4. The first-order valence-corrected chi connectivity index (χ1v) is 11.3. The fourth-order valence-electron chi connectivity index (χ4n) is 4.41. The molecular formula is C22H23F3IN3O2. The van der Waals surface area contributed by atoms with Crippen LogP contribution in [0.4, 0.5) is 24.5 Å². The van der Waals surface area contributed by atoms with Crippen LogP contribution in [0.15, 0.2) is 30.3 Å². The normalized spacial score (nSPS) is 21.9. The van der Waals surface area contributed by atoms with E-state index in [0.29, 0.717) is 23.2 Å². The average Bonchev–Trinajstić information content (AvgIpc) is 3.14. The van der Waals surface area contributed by atoms with Crippen LogP contribution in [-0.4, -0.2) is 52.7 Å². The second-order valence-electron chi connectivity index (χ2n) is 8.01. The van der Waals surface area contributed by atoms with Crippen molar-refractivity contribution in [3.63, 3.8) is 0 Å². The van der Waals surface area contributed by atoms with Gasteiger partial charge in [0.25, 0.3) is 5.91 Å². The third-order valence-corrected chi connectivity index (χ3v) is 6.72. The zero-order valence-electron chi connectivity index (χ0n) is 16.9. The molecule has 2 atom stereocenters. The molecule has 0 aromatic heterocycles. The number of β-amino-alcohol motifs (C(OH)–C–C–N with tert-alkyl or cyclic N) is 1. The summed E-state index contributed by atoms with van der Waals surface area (Å²) in [7, 11) is 0. The van der Waals surface area contributed by atoms with Crippen LogP contribution in [0.25, 0.3) is 0 Å². The highest BCUT2D eigenvalue weighted by molar-refractivity contribution is 14.1. The summed E-state index contributed by atoms with van der Waals surface area (Å²) in [4.78, 5) is 17.2. The standard InChI is InChI=1S/C22H23F3IN3O2/c1-2-12-7-8-29(21(12)28-10-14(30)11-28)22(31)15-4-5-16(23)19(25)20(15)27-18-6-3-13(26)9-17(18)24/h3-6,9,12,14,21,27,30H,2,7-8,10-11H2,1H3. The molecule has 31 heavy (non-hydrogen) atoms. The quantitative estimate of drug-likeness (QED) is 0.550. The van der Waals surface area contributed by atoms with E-state index in [1.165, 1.54) is 18.2 Å². The number of carbonyl (C=O) groups excluding carboxylic acids is 1. The molecule has 1 amide bonds. The van der Waals surface area contributed by atoms with Gasteiger partial charge in [0.2, 0.25) is 0 Å². The minimum absolute atomic E-state index is 0.0470. The van der Waals surface area contributed by atoms with Gasteiger partial charge in [0, 0.05) is 23.2 Å². The van der Waals surface area contributed by atoms with Crippen LogP contribution in [0.2, 0.25) is 0 Å². The maximum Gasteiger partial charge on any atom is 0.257 e. The Morgan fingerprint density at radius 1 is 1.19 bits per heavy atom. The van der Waals surface area contributed by atoms with Crippen LogP contribution in [0.5, 0.6) is 0 Å². The van der Waals surface area contributed by atoms with Crippen molar-refractivity contribution in [2.75, 3.05) is 25.0 Å². The summed E-state index contributed by atoms with van der Waals surface area (Å²) < 4.78 is 43.8. The molecule has 166 valence electrons. The molecule has 5 nitrogen and oxygen atoms in total. The Kier molecular flexibility index (Phi) is 6.45. The van der Waals surface area contributed by atoms with Crippen molar-refractivity contribution in [2.45, 2.75) is 32.0 Å². The lowest BCUT2D eigenvalue weighted by Crippen LogP contribution is -2.61. The Balaban J connectivity index is 1.68. The number of likely N-dealkylation sites (tertiary alicyclic amines) is 2. The zero-order chi connectivity index (χ0) is 22.3. The van der Waals surface area contributed by atoms with E-state index >= 15 is 0 Å². The first-order valence-electron chi connectivity index (χ1n) is 10.2. The molecule has 4 rings (SSSR count). The van der Waals surface area contributed by atoms with Crippen LogP contribution >= 0.6 is 22.6 Å². The topological polar surface area (TPSA) is 55.8 Å². The summed E-state index contributed by atoms with van der Waals surface area (Å²) in [6.45, 7) is 3.47. The molecule has 0 saturated carbocycles. The van der Waals surface area contributed by atoms with Crippen LogP contribution in [-0.2, 0) is 0 Å². The third-order valence-electron chi connectivity index (χ3n) is 6.05. The van der Waals surface area contributed by atoms with Crippen molar-refractivity contribution in [3.05, 3.63) is 56.9 Å². The van der Waals surface area contributed by atoms with Crippen LogP contribution in [0.1, 0.15) is 30.1 Å². The van der Waals surface area contributed by atoms with Gasteiger partial charge in [-0.25, -0.2) is 13.2 Å². The summed E-state index contributed by atoms with van der Waals surface area (Å²) in [6.07, 6.45) is 1.02. The highest BCUT2D eigenvalue weighted by Crippen LogP contribution is 2.36. The van der Waals surface area contributed by atoms with Gasteiger partial charge in [-0.15, -0.1) is 0 Å². The largest absolute Gasteiger partial charge is 0.390 e. The fourth-order valence-corrected chi connectivity index (χ4v) is 4.86. The molecule has 2 aromatic rings. The summed E-state index contributed by atoms with van der Waals surface area (Å²) in [5.41, 5.74) is -0.485. The van der Waals surface area contributed by atoms with Crippen LogP contribution < -0.4 is 5.32 Å². The Morgan fingerprint density at radius 3 is 2.58 bits per heavy atom. The number of hydrogen-bond donors (Lipinski definition) is 2. The van der Waals surface area contributed by atoms with Gasteiger partial charge in [-0.3, -0.25) is 9.69 Å².